The summed E-state index contributed by atoms with van der Waals surface area (Å²) in [6, 6.07) is 9.68. The Hall–Kier alpha value is -2.55. The molecule has 3 atom stereocenters. The second-order valence-corrected chi connectivity index (χ2v) is 4.93. The van der Waals surface area contributed by atoms with Crippen LogP contribution < -0.4 is 9.47 Å². The van der Waals surface area contributed by atoms with Crippen LogP contribution in [0.1, 0.15) is 30.2 Å². The minimum absolute atomic E-state index is 0.00699. The molecule has 2 aliphatic rings. The van der Waals surface area contributed by atoms with Gasteiger partial charge in [-0.1, -0.05) is 17.3 Å². The monoisotopic (exact) mass is 269 g/mol. The van der Waals surface area contributed by atoms with Gasteiger partial charge in [0.15, 0.2) is 17.6 Å². The van der Waals surface area contributed by atoms with Gasteiger partial charge in [0.2, 0.25) is 11.7 Å². The minimum Gasteiger partial charge on any atom is -0.485 e. The molecular formula is C14H11N3O3. The van der Waals surface area contributed by atoms with Gasteiger partial charge >= 0.3 is 0 Å². The lowest BCUT2D eigenvalue weighted by Gasteiger charge is -2.24. The summed E-state index contributed by atoms with van der Waals surface area (Å²) in [5.74, 6) is 2.48. The summed E-state index contributed by atoms with van der Waals surface area (Å²) in [5.41, 5.74) is 0. The molecule has 6 nitrogen and oxygen atoms in total. The highest BCUT2D eigenvalue weighted by Crippen LogP contribution is 2.46. The molecule has 0 radical (unpaired) electrons. The molecule has 1 aliphatic heterocycles. The molecular weight excluding hydrogens is 258 g/mol. The third-order valence-electron chi connectivity index (χ3n) is 3.53. The molecule has 0 N–H and O–H groups in total. The largest absolute Gasteiger partial charge is 0.485 e. The van der Waals surface area contributed by atoms with E-state index in [4.69, 9.17) is 19.3 Å². The third kappa shape index (κ3) is 1.79. The quantitative estimate of drug-likeness (QED) is 0.831. The lowest BCUT2D eigenvalue weighted by atomic mass is 10.2. The summed E-state index contributed by atoms with van der Waals surface area (Å²) in [4.78, 5) is 4.33. The Kier molecular flexibility index (Phi) is 2.39. The molecule has 1 aromatic heterocycles. The number of hydrogen-bond donors (Lipinski definition) is 0. The topological polar surface area (TPSA) is 81.2 Å². The maximum Gasteiger partial charge on any atom is 0.231 e. The molecule has 1 fully saturated rings. The maximum absolute atomic E-state index is 8.82. The van der Waals surface area contributed by atoms with E-state index >= 15 is 0 Å². The number of fused-ring (bicyclic) bond motifs is 1. The van der Waals surface area contributed by atoms with Crippen LogP contribution in [0.4, 0.5) is 0 Å². The summed E-state index contributed by atoms with van der Waals surface area (Å²) < 4.78 is 16.6. The van der Waals surface area contributed by atoms with Crippen LogP contribution in [0.3, 0.4) is 0 Å². The van der Waals surface area contributed by atoms with E-state index in [9.17, 15) is 0 Å². The zero-order chi connectivity index (χ0) is 13.5. The Labute approximate surface area is 114 Å². The lowest BCUT2D eigenvalue weighted by molar-refractivity contribution is 0.0832. The molecule has 4 rings (SSSR count). The summed E-state index contributed by atoms with van der Waals surface area (Å²) in [6.45, 7) is 0.350. The molecule has 1 aliphatic carbocycles. The first-order chi connectivity index (χ1) is 9.85. The highest BCUT2D eigenvalue weighted by atomic mass is 16.6. The number of rotatable bonds is 2. The van der Waals surface area contributed by atoms with Crippen molar-refractivity contribution < 1.29 is 14.0 Å². The zero-order valence-corrected chi connectivity index (χ0v) is 10.5. The van der Waals surface area contributed by atoms with Crippen molar-refractivity contribution in [3.05, 3.63) is 36.0 Å². The lowest BCUT2D eigenvalue weighted by Crippen LogP contribution is -2.22. The highest BCUT2D eigenvalue weighted by molar-refractivity contribution is 5.41. The average molecular weight is 269 g/mol. The molecule has 0 saturated heterocycles. The van der Waals surface area contributed by atoms with E-state index in [1.807, 2.05) is 24.3 Å². The first kappa shape index (κ1) is 11.3. The van der Waals surface area contributed by atoms with Gasteiger partial charge in [-0.15, -0.1) is 0 Å². The Balaban J connectivity index is 1.54. The van der Waals surface area contributed by atoms with Crippen molar-refractivity contribution in [2.24, 2.45) is 5.92 Å². The van der Waals surface area contributed by atoms with Crippen molar-refractivity contribution in [1.29, 1.82) is 5.26 Å². The van der Waals surface area contributed by atoms with Crippen LogP contribution in [0.15, 0.2) is 28.8 Å². The first-order valence-electron chi connectivity index (χ1n) is 6.47. The number of nitrogens with zero attached hydrogens (tertiary/aromatic N) is 3. The second-order valence-electron chi connectivity index (χ2n) is 4.93. The Bertz CT molecular complexity index is 691. The normalized spacial score (nSPS) is 26.9. The van der Waals surface area contributed by atoms with Crippen LogP contribution in [-0.2, 0) is 0 Å². The first-order valence-corrected chi connectivity index (χ1v) is 6.47. The van der Waals surface area contributed by atoms with Gasteiger partial charge < -0.3 is 14.0 Å². The van der Waals surface area contributed by atoms with Gasteiger partial charge in [0, 0.05) is 0 Å². The molecule has 100 valence electrons. The molecule has 6 heteroatoms. The van der Waals surface area contributed by atoms with E-state index < -0.39 is 0 Å². The summed E-state index contributed by atoms with van der Waals surface area (Å²) in [7, 11) is 0. The van der Waals surface area contributed by atoms with Crippen molar-refractivity contribution in [1.82, 2.24) is 10.1 Å². The number of benzene rings is 1. The number of para-hydroxylation sites is 2. The molecule has 2 aromatic rings. The Morgan fingerprint density at radius 3 is 2.90 bits per heavy atom. The SMILES string of the molecule is N#CC1CC1c1nc(C2COc3ccccc3O2)no1. The summed E-state index contributed by atoms with van der Waals surface area (Å²) in [6.07, 6.45) is 0.421. The van der Waals surface area contributed by atoms with Gasteiger partial charge in [-0.25, -0.2) is 0 Å². The molecule has 0 amide bonds. The second kappa shape index (κ2) is 4.23. The molecule has 1 aromatic carbocycles. The Morgan fingerprint density at radius 2 is 2.10 bits per heavy atom. The predicted octanol–water partition coefficient (Wildman–Crippen LogP) is 2.21. The van der Waals surface area contributed by atoms with Crippen LogP contribution in [0, 0.1) is 17.2 Å². The van der Waals surface area contributed by atoms with Gasteiger partial charge in [-0.05, 0) is 18.6 Å². The number of aromatic nitrogens is 2. The standard InChI is InChI=1S/C14H11N3O3/c15-6-8-5-9(8)14-16-13(17-20-14)12-7-18-10-3-1-2-4-11(10)19-12/h1-4,8-9,12H,5,7H2. The minimum atomic E-state index is -0.373. The van der Waals surface area contributed by atoms with Crippen LogP contribution in [0.2, 0.25) is 0 Å². The molecule has 20 heavy (non-hydrogen) atoms. The van der Waals surface area contributed by atoms with E-state index in [1.54, 1.807) is 0 Å². The fourth-order valence-electron chi connectivity index (χ4n) is 2.29. The van der Waals surface area contributed by atoms with Crippen LogP contribution >= 0.6 is 0 Å². The smallest absolute Gasteiger partial charge is 0.231 e. The number of nitriles is 1. The van der Waals surface area contributed by atoms with E-state index in [0.29, 0.717) is 24.1 Å². The van der Waals surface area contributed by atoms with Crippen molar-refractivity contribution in [3.8, 4) is 17.6 Å². The summed E-state index contributed by atoms with van der Waals surface area (Å²) >= 11 is 0. The fraction of sp³-hybridized carbons (Fsp3) is 0.357. The third-order valence-corrected chi connectivity index (χ3v) is 3.53. The van der Waals surface area contributed by atoms with Gasteiger partial charge in [0.1, 0.15) is 6.61 Å². The summed E-state index contributed by atoms with van der Waals surface area (Å²) in [5, 5.41) is 12.8. The van der Waals surface area contributed by atoms with Gasteiger partial charge in [0.05, 0.1) is 17.9 Å². The molecule has 0 spiro atoms. The van der Waals surface area contributed by atoms with E-state index in [-0.39, 0.29) is 17.9 Å². The molecule has 0 bridgehead atoms. The van der Waals surface area contributed by atoms with Gasteiger partial charge in [0.25, 0.3) is 0 Å². The van der Waals surface area contributed by atoms with Gasteiger partial charge in [-0.3, -0.25) is 0 Å². The highest BCUT2D eigenvalue weighted by Gasteiger charge is 2.43. The van der Waals surface area contributed by atoms with E-state index in [1.165, 1.54) is 0 Å². The number of ether oxygens (including phenoxy) is 2. The van der Waals surface area contributed by atoms with Crippen LogP contribution in [0.5, 0.6) is 11.5 Å². The van der Waals surface area contributed by atoms with Crippen molar-refractivity contribution in [2.75, 3.05) is 6.61 Å². The van der Waals surface area contributed by atoms with E-state index in [0.717, 1.165) is 12.2 Å². The van der Waals surface area contributed by atoms with Crippen molar-refractivity contribution in [3.63, 3.8) is 0 Å². The Morgan fingerprint density at radius 1 is 1.25 bits per heavy atom. The zero-order valence-electron chi connectivity index (χ0n) is 10.5. The van der Waals surface area contributed by atoms with Gasteiger partial charge in [-0.2, -0.15) is 10.2 Å². The number of hydrogen-bond acceptors (Lipinski definition) is 6. The molecule has 1 saturated carbocycles. The average Bonchev–Trinajstić information content (AvgIpc) is 3.14. The van der Waals surface area contributed by atoms with Crippen LogP contribution in [-0.4, -0.2) is 16.7 Å². The van der Waals surface area contributed by atoms with Crippen LogP contribution in [0.25, 0.3) is 0 Å². The molecule has 2 heterocycles. The predicted molar refractivity (Wildman–Crippen MR) is 66.1 cm³/mol. The molecule has 3 unspecified atom stereocenters. The maximum atomic E-state index is 8.82. The van der Waals surface area contributed by atoms with E-state index in [2.05, 4.69) is 16.2 Å². The van der Waals surface area contributed by atoms with Crippen molar-refractivity contribution in [2.45, 2.75) is 18.4 Å². The fourth-order valence-corrected chi connectivity index (χ4v) is 2.29. The van der Waals surface area contributed by atoms with Crippen molar-refractivity contribution >= 4 is 0 Å².